The molecule has 2 N–H and O–H groups in total. The maximum atomic E-state index is 12.6. The first-order chi connectivity index (χ1) is 13.5. The number of amides is 2. The molecule has 0 bridgehead atoms. The number of nitrogens with zero attached hydrogens (tertiary/aromatic N) is 1. The molecule has 1 atom stereocenters. The summed E-state index contributed by atoms with van der Waals surface area (Å²) in [5, 5.41) is 12.0. The summed E-state index contributed by atoms with van der Waals surface area (Å²) >= 11 is 9.17. The monoisotopic (exact) mass is 433 g/mol. The molecular weight excluding hydrogens is 414 g/mol. The highest BCUT2D eigenvalue weighted by molar-refractivity contribution is 7.12. The van der Waals surface area contributed by atoms with Crippen molar-refractivity contribution in [3.63, 3.8) is 0 Å². The third kappa shape index (κ3) is 4.99. The molecule has 5 nitrogen and oxygen atoms in total. The van der Waals surface area contributed by atoms with E-state index in [1.807, 2.05) is 24.9 Å². The highest BCUT2D eigenvalue weighted by Gasteiger charge is 2.17. The smallest absolute Gasteiger partial charge is 0.265 e. The number of thiophene rings is 2. The third-order valence-electron chi connectivity index (χ3n) is 4.23. The lowest BCUT2D eigenvalue weighted by atomic mass is 10.1. The zero-order chi connectivity index (χ0) is 20.1. The normalized spacial score (nSPS) is 12.0. The van der Waals surface area contributed by atoms with Crippen LogP contribution in [0.4, 0.5) is 5.69 Å². The van der Waals surface area contributed by atoms with Crippen molar-refractivity contribution in [1.29, 1.82) is 0 Å². The first-order valence-electron chi connectivity index (χ1n) is 8.57. The number of halogens is 1. The summed E-state index contributed by atoms with van der Waals surface area (Å²) in [5.41, 5.74) is 2.01. The minimum atomic E-state index is -0.250. The number of benzene rings is 1. The van der Waals surface area contributed by atoms with Gasteiger partial charge < -0.3 is 15.5 Å². The van der Waals surface area contributed by atoms with Gasteiger partial charge in [0.05, 0.1) is 21.6 Å². The van der Waals surface area contributed by atoms with Crippen LogP contribution in [0.5, 0.6) is 0 Å². The van der Waals surface area contributed by atoms with Crippen molar-refractivity contribution in [3.8, 4) is 0 Å². The molecule has 0 fully saturated rings. The van der Waals surface area contributed by atoms with E-state index < -0.39 is 0 Å². The molecule has 28 heavy (non-hydrogen) atoms. The SMILES string of the molecule is CN(C)[C@H](CNC(=O)c1ccc(Cl)c(NC(=O)c2cccs2)c1)c1ccsc1. The minimum Gasteiger partial charge on any atom is -0.350 e. The van der Waals surface area contributed by atoms with Gasteiger partial charge in [0.1, 0.15) is 0 Å². The molecule has 2 heterocycles. The Labute approximate surface area is 177 Å². The Morgan fingerprint density at radius 2 is 1.96 bits per heavy atom. The molecule has 2 aromatic heterocycles. The lowest BCUT2D eigenvalue weighted by Crippen LogP contribution is -2.34. The summed E-state index contributed by atoms with van der Waals surface area (Å²) < 4.78 is 0. The van der Waals surface area contributed by atoms with Crippen molar-refractivity contribution in [2.75, 3.05) is 26.0 Å². The standard InChI is InChI=1S/C20H20ClN3O2S2/c1-24(2)17(14-7-9-27-12-14)11-22-19(25)13-5-6-15(21)16(10-13)23-20(26)18-4-3-8-28-18/h3-10,12,17H,11H2,1-2H3,(H,22,25)(H,23,26)/t17-/m1/s1. The first kappa shape index (κ1) is 20.5. The van der Waals surface area contributed by atoms with Gasteiger partial charge in [0, 0.05) is 12.1 Å². The number of hydrogen-bond acceptors (Lipinski definition) is 5. The Bertz CT molecular complexity index is 941. The maximum Gasteiger partial charge on any atom is 0.265 e. The van der Waals surface area contributed by atoms with Crippen LogP contribution in [0.1, 0.15) is 31.6 Å². The predicted octanol–water partition coefficient (Wildman–Crippen LogP) is 4.75. The van der Waals surface area contributed by atoms with Gasteiger partial charge in [0.25, 0.3) is 11.8 Å². The fourth-order valence-electron chi connectivity index (χ4n) is 2.71. The Balaban J connectivity index is 1.69. The van der Waals surface area contributed by atoms with E-state index >= 15 is 0 Å². The van der Waals surface area contributed by atoms with Gasteiger partial charge in [0.2, 0.25) is 0 Å². The van der Waals surface area contributed by atoms with Crippen molar-refractivity contribution < 1.29 is 9.59 Å². The molecule has 8 heteroatoms. The Morgan fingerprint density at radius 3 is 2.61 bits per heavy atom. The van der Waals surface area contributed by atoms with Crippen LogP contribution in [-0.2, 0) is 0 Å². The zero-order valence-electron chi connectivity index (χ0n) is 15.4. The van der Waals surface area contributed by atoms with Gasteiger partial charge in [-0.05, 0) is 66.1 Å². The fraction of sp³-hybridized carbons (Fsp3) is 0.200. The predicted molar refractivity (Wildman–Crippen MR) is 117 cm³/mol. The van der Waals surface area contributed by atoms with Crippen molar-refractivity contribution in [1.82, 2.24) is 10.2 Å². The van der Waals surface area contributed by atoms with Gasteiger partial charge in [0.15, 0.2) is 0 Å². The maximum absolute atomic E-state index is 12.6. The molecule has 0 saturated heterocycles. The van der Waals surface area contributed by atoms with Crippen LogP contribution in [0.25, 0.3) is 0 Å². The molecule has 2 amide bonds. The summed E-state index contributed by atoms with van der Waals surface area (Å²) in [4.78, 5) is 27.5. The number of nitrogens with one attached hydrogen (secondary N) is 2. The summed E-state index contributed by atoms with van der Waals surface area (Å²) in [5.74, 6) is -0.468. The summed E-state index contributed by atoms with van der Waals surface area (Å²) in [7, 11) is 3.96. The van der Waals surface area contributed by atoms with E-state index in [0.29, 0.717) is 27.7 Å². The van der Waals surface area contributed by atoms with Crippen LogP contribution in [0.3, 0.4) is 0 Å². The van der Waals surface area contributed by atoms with Crippen molar-refractivity contribution in [2.45, 2.75) is 6.04 Å². The van der Waals surface area contributed by atoms with Gasteiger partial charge in [-0.25, -0.2) is 0 Å². The molecule has 0 aliphatic rings. The van der Waals surface area contributed by atoms with E-state index in [2.05, 4.69) is 27.0 Å². The second-order valence-electron chi connectivity index (χ2n) is 6.37. The molecule has 0 aliphatic heterocycles. The Hall–Kier alpha value is -2.19. The van der Waals surface area contributed by atoms with Crippen LogP contribution in [0.2, 0.25) is 5.02 Å². The van der Waals surface area contributed by atoms with Gasteiger partial charge >= 0.3 is 0 Å². The van der Waals surface area contributed by atoms with E-state index in [-0.39, 0.29) is 17.9 Å². The van der Waals surface area contributed by atoms with Crippen LogP contribution < -0.4 is 10.6 Å². The van der Waals surface area contributed by atoms with E-state index in [1.165, 1.54) is 11.3 Å². The van der Waals surface area contributed by atoms with Crippen LogP contribution in [-0.4, -0.2) is 37.4 Å². The van der Waals surface area contributed by atoms with Gasteiger partial charge in [-0.2, -0.15) is 11.3 Å². The molecule has 146 valence electrons. The molecular formula is C20H20ClN3O2S2. The Morgan fingerprint density at radius 1 is 1.14 bits per heavy atom. The molecule has 0 radical (unpaired) electrons. The lowest BCUT2D eigenvalue weighted by molar-refractivity contribution is 0.0940. The van der Waals surface area contributed by atoms with Gasteiger partial charge in [-0.1, -0.05) is 17.7 Å². The van der Waals surface area contributed by atoms with E-state index in [4.69, 9.17) is 11.6 Å². The van der Waals surface area contributed by atoms with Crippen molar-refractivity contribution in [3.05, 3.63) is 73.6 Å². The van der Waals surface area contributed by atoms with Crippen molar-refractivity contribution in [2.24, 2.45) is 0 Å². The van der Waals surface area contributed by atoms with Crippen molar-refractivity contribution >= 4 is 51.8 Å². The number of hydrogen-bond donors (Lipinski definition) is 2. The molecule has 0 unspecified atom stereocenters. The first-order valence-corrected chi connectivity index (χ1v) is 10.8. The highest BCUT2D eigenvalue weighted by Crippen LogP contribution is 2.25. The van der Waals surface area contributed by atoms with E-state index in [0.717, 1.165) is 5.56 Å². The summed E-state index contributed by atoms with van der Waals surface area (Å²) in [6.45, 7) is 0.474. The number of carbonyl (C=O) groups is 2. The third-order valence-corrected chi connectivity index (χ3v) is 6.13. The molecule has 0 spiro atoms. The van der Waals surface area contributed by atoms with E-state index in [1.54, 1.807) is 41.7 Å². The molecule has 3 aromatic rings. The minimum absolute atomic E-state index is 0.0838. The van der Waals surface area contributed by atoms with Crippen LogP contribution >= 0.6 is 34.3 Å². The van der Waals surface area contributed by atoms with E-state index in [9.17, 15) is 9.59 Å². The number of likely N-dealkylation sites (N-methyl/N-ethyl adjacent to an activating group) is 1. The van der Waals surface area contributed by atoms with Gasteiger partial charge in [-0.15, -0.1) is 11.3 Å². The van der Waals surface area contributed by atoms with Crippen LogP contribution in [0, 0.1) is 0 Å². The summed E-state index contributed by atoms with van der Waals surface area (Å²) in [6, 6.07) is 10.5. The topological polar surface area (TPSA) is 61.4 Å². The average Bonchev–Trinajstić information content (AvgIpc) is 3.37. The molecule has 3 rings (SSSR count). The summed E-state index contributed by atoms with van der Waals surface area (Å²) in [6.07, 6.45) is 0. The lowest BCUT2D eigenvalue weighted by Gasteiger charge is -2.24. The average molecular weight is 434 g/mol. The zero-order valence-corrected chi connectivity index (χ0v) is 17.8. The van der Waals surface area contributed by atoms with Crippen LogP contribution in [0.15, 0.2) is 52.5 Å². The number of rotatable bonds is 7. The highest BCUT2D eigenvalue weighted by atomic mass is 35.5. The molecule has 0 saturated carbocycles. The quantitative estimate of drug-likeness (QED) is 0.565. The molecule has 0 aliphatic carbocycles. The number of carbonyl (C=O) groups excluding carboxylic acids is 2. The second-order valence-corrected chi connectivity index (χ2v) is 8.51. The Kier molecular flexibility index (Phi) is 6.85. The largest absolute Gasteiger partial charge is 0.350 e. The van der Waals surface area contributed by atoms with Gasteiger partial charge in [-0.3, -0.25) is 9.59 Å². The molecule has 1 aromatic carbocycles. The number of anilines is 1. The second kappa shape index (κ2) is 9.34. The fourth-order valence-corrected chi connectivity index (χ4v) is 4.20.